The van der Waals surface area contributed by atoms with Crippen LogP contribution in [0.4, 0.5) is 5.69 Å². The minimum absolute atomic E-state index is 0.503. The summed E-state index contributed by atoms with van der Waals surface area (Å²) in [6, 6.07) is 4.41. The van der Waals surface area contributed by atoms with Gasteiger partial charge in [0.15, 0.2) is 11.5 Å². The molecule has 19 heavy (non-hydrogen) atoms. The van der Waals surface area contributed by atoms with Gasteiger partial charge in [0, 0.05) is 34.9 Å². The zero-order valence-corrected chi connectivity index (χ0v) is 12.7. The highest BCUT2D eigenvalue weighted by molar-refractivity contribution is 8.00. The average Bonchev–Trinajstić information content (AvgIpc) is 2.82. The zero-order valence-electron chi connectivity index (χ0n) is 11.9. The van der Waals surface area contributed by atoms with Gasteiger partial charge in [-0.25, -0.2) is 0 Å². The fourth-order valence-electron chi connectivity index (χ4n) is 2.32. The zero-order chi connectivity index (χ0) is 13.8. The van der Waals surface area contributed by atoms with E-state index in [1.807, 2.05) is 23.9 Å². The fourth-order valence-corrected chi connectivity index (χ4v) is 3.47. The van der Waals surface area contributed by atoms with Crippen LogP contribution in [0.5, 0.6) is 17.2 Å². The lowest BCUT2D eigenvalue weighted by Crippen LogP contribution is -2.19. The SMILES string of the molecule is COc1cc(NC2CSC(C)C2)cc(OC)c1OC. The molecule has 0 aliphatic carbocycles. The summed E-state index contributed by atoms with van der Waals surface area (Å²) in [5.41, 5.74) is 1.01. The van der Waals surface area contributed by atoms with Gasteiger partial charge in [0.25, 0.3) is 0 Å². The van der Waals surface area contributed by atoms with Crippen molar-refractivity contribution in [2.75, 3.05) is 32.4 Å². The van der Waals surface area contributed by atoms with Crippen LogP contribution in [-0.4, -0.2) is 38.4 Å². The van der Waals surface area contributed by atoms with Crippen LogP contribution in [0.25, 0.3) is 0 Å². The number of thioether (sulfide) groups is 1. The second-order valence-electron chi connectivity index (χ2n) is 4.63. The Morgan fingerprint density at radius 1 is 1.11 bits per heavy atom. The molecule has 1 aliphatic heterocycles. The summed E-state index contributed by atoms with van der Waals surface area (Å²) in [7, 11) is 4.88. The molecule has 4 nitrogen and oxygen atoms in total. The molecular weight excluding hydrogens is 262 g/mol. The van der Waals surface area contributed by atoms with Crippen molar-refractivity contribution >= 4 is 17.4 Å². The van der Waals surface area contributed by atoms with E-state index in [0.29, 0.717) is 23.3 Å². The van der Waals surface area contributed by atoms with Crippen molar-refractivity contribution in [2.45, 2.75) is 24.6 Å². The van der Waals surface area contributed by atoms with E-state index in [-0.39, 0.29) is 0 Å². The van der Waals surface area contributed by atoms with E-state index in [2.05, 4.69) is 12.2 Å². The van der Waals surface area contributed by atoms with Crippen LogP contribution in [0.15, 0.2) is 12.1 Å². The fraction of sp³-hybridized carbons (Fsp3) is 0.571. The average molecular weight is 283 g/mol. The molecule has 1 heterocycles. The van der Waals surface area contributed by atoms with Gasteiger partial charge in [-0.05, 0) is 6.42 Å². The van der Waals surface area contributed by atoms with E-state index in [9.17, 15) is 0 Å². The van der Waals surface area contributed by atoms with Crippen molar-refractivity contribution in [2.24, 2.45) is 0 Å². The molecule has 1 fully saturated rings. The monoisotopic (exact) mass is 283 g/mol. The summed E-state index contributed by atoms with van der Waals surface area (Å²) >= 11 is 2.00. The summed E-state index contributed by atoms with van der Waals surface area (Å²) in [5, 5.41) is 4.26. The Morgan fingerprint density at radius 3 is 2.16 bits per heavy atom. The lowest BCUT2D eigenvalue weighted by atomic mass is 10.1. The van der Waals surface area contributed by atoms with Crippen molar-refractivity contribution in [3.63, 3.8) is 0 Å². The Hall–Kier alpha value is -1.23. The Morgan fingerprint density at radius 2 is 1.74 bits per heavy atom. The van der Waals surface area contributed by atoms with Gasteiger partial charge >= 0.3 is 0 Å². The second kappa shape index (κ2) is 6.28. The quantitative estimate of drug-likeness (QED) is 0.899. The standard InChI is InChI=1S/C14H21NO3S/c1-9-5-11(8-19-9)15-10-6-12(16-2)14(18-4)13(7-10)17-3/h6-7,9,11,15H,5,8H2,1-4H3. The summed E-state index contributed by atoms with van der Waals surface area (Å²) < 4.78 is 16.0. The maximum Gasteiger partial charge on any atom is 0.203 e. The molecule has 2 rings (SSSR count). The maximum atomic E-state index is 5.35. The molecule has 0 bridgehead atoms. The smallest absolute Gasteiger partial charge is 0.203 e. The van der Waals surface area contributed by atoms with Gasteiger partial charge in [-0.2, -0.15) is 11.8 Å². The van der Waals surface area contributed by atoms with E-state index >= 15 is 0 Å². The topological polar surface area (TPSA) is 39.7 Å². The number of rotatable bonds is 5. The van der Waals surface area contributed by atoms with Crippen LogP contribution < -0.4 is 19.5 Å². The number of hydrogen-bond acceptors (Lipinski definition) is 5. The molecule has 0 saturated carbocycles. The van der Waals surface area contributed by atoms with Gasteiger partial charge in [0.2, 0.25) is 5.75 Å². The first kappa shape index (κ1) is 14.2. The molecule has 0 radical (unpaired) electrons. The van der Waals surface area contributed by atoms with E-state index in [1.54, 1.807) is 21.3 Å². The molecule has 0 aromatic heterocycles. The molecule has 1 aromatic carbocycles. The molecule has 2 atom stereocenters. The molecule has 1 N–H and O–H groups in total. The third-order valence-electron chi connectivity index (χ3n) is 3.23. The largest absolute Gasteiger partial charge is 0.493 e. The van der Waals surface area contributed by atoms with Gasteiger partial charge < -0.3 is 19.5 Å². The van der Waals surface area contributed by atoms with Gasteiger partial charge in [-0.15, -0.1) is 0 Å². The Balaban J connectivity index is 2.21. The van der Waals surface area contributed by atoms with Crippen LogP contribution in [0.1, 0.15) is 13.3 Å². The molecule has 1 aliphatic rings. The molecule has 5 heteroatoms. The van der Waals surface area contributed by atoms with E-state index < -0.39 is 0 Å². The number of ether oxygens (including phenoxy) is 3. The van der Waals surface area contributed by atoms with E-state index in [1.165, 1.54) is 6.42 Å². The molecule has 0 spiro atoms. The predicted octanol–water partition coefficient (Wildman–Crippen LogP) is 3.02. The lowest BCUT2D eigenvalue weighted by molar-refractivity contribution is 0.324. The minimum atomic E-state index is 0.503. The van der Waals surface area contributed by atoms with Gasteiger partial charge in [0.05, 0.1) is 21.3 Å². The van der Waals surface area contributed by atoms with Crippen molar-refractivity contribution in [1.82, 2.24) is 0 Å². The van der Waals surface area contributed by atoms with Crippen molar-refractivity contribution in [3.05, 3.63) is 12.1 Å². The Labute approximate surface area is 118 Å². The van der Waals surface area contributed by atoms with Crippen LogP contribution in [0, 0.1) is 0 Å². The van der Waals surface area contributed by atoms with E-state index in [0.717, 1.165) is 16.7 Å². The number of benzene rings is 1. The maximum absolute atomic E-state index is 5.35. The summed E-state index contributed by atoms with van der Waals surface area (Å²) in [5.74, 6) is 3.13. The first-order chi connectivity index (χ1) is 9.17. The number of methoxy groups -OCH3 is 3. The second-order valence-corrected chi connectivity index (χ2v) is 6.11. The summed E-state index contributed by atoms with van der Waals surface area (Å²) in [6.07, 6.45) is 1.18. The molecule has 106 valence electrons. The highest BCUT2D eigenvalue weighted by Gasteiger charge is 2.22. The number of nitrogens with one attached hydrogen (secondary N) is 1. The molecule has 0 amide bonds. The van der Waals surface area contributed by atoms with Crippen LogP contribution in [0.3, 0.4) is 0 Å². The van der Waals surface area contributed by atoms with Gasteiger partial charge in [-0.3, -0.25) is 0 Å². The normalized spacial score (nSPS) is 22.1. The Bertz CT molecular complexity index is 414. The van der Waals surface area contributed by atoms with Crippen molar-refractivity contribution in [3.8, 4) is 17.2 Å². The number of anilines is 1. The molecule has 1 aromatic rings. The summed E-state index contributed by atoms with van der Waals surface area (Å²) in [6.45, 7) is 2.27. The van der Waals surface area contributed by atoms with Gasteiger partial charge in [0.1, 0.15) is 0 Å². The van der Waals surface area contributed by atoms with Crippen molar-refractivity contribution in [1.29, 1.82) is 0 Å². The molecule has 2 unspecified atom stereocenters. The third kappa shape index (κ3) is 3.21. The van der Waals surface area contributed by atoms with E-state index in [4.69, 9.17) is 14.2 Å². The minimum Gasteiger partial charge on any atom is -0.493 e. The molecule has 1 saturated heterocycles. The predicted molar refractivity (Wildman–Crippen MR) is 80.0 cm³/mol. The lowest BCUT2D eigenvalue weighted by Gasteiger charge is -2.17. The van der Waals surface area contributed by atoms with Crippen molar-refractivity contribution < 1.29 is 14.2 Å². The first-order valence-electron chi connectivity index (χ1n) is 6.36. The van der Waals surface area contributed by atoms with Crippen LogP contribution in [-0.2, 0) is 0 Å². The Kier molecular flexibility index (Phi) is 4.69. The first-order valence-corrected chi connectivity index (χ1v) is 7.41. The molecular formula is C14H21NO3S. The number of hydrogen-bond donors (Lipinski definition) is 1. The highest BCUT2D eigenvalue weighted by Crippen LogP contribution is 2.40. The third-order valence-corrected chi connectivity index (χ3v) is 4.59. The van der Waals surface area contributed by atoms with Crippen LogP contribution in [0.2, 0.25) is 0 Å². The highest BCUT2D eigenvalue weighted by atomic mass is 32.2. The van der Waals surface area contributed by atoms with Gasteiger partial charge in [-0.1, -0.05) is 6.92 Å². The summed E-state index contributed by atoms with van der Waals surface area (Å²) in [4.78, 5) is 0. The van der Waals surface area contributed by atoms with Crippen LogP contribution >= 0.6 is 11.8 Å².